The predicted octanol–water partition coefficient (Wildman–Crippen LogP) is 1.96. The van der Waals surface area contributed by atoms with Crippen molar-refractivity contribution in [2.24, 2.45) is 0 Å². The molecule has 0 fully saturated rings. The van der Waals surface area contributed by atoms with Gasteiger partial charge in [0, 0.05) is 18.6 Å². The summed E-state index contributed by atoms with van der Waals surface area (Å²) in [5.74, 6) is -0.442. The summed E-state index contributed by atoms with van der Waals surface area (Å²) >= 11 is 0. The van der Waals surface area contributed by atoms with Gasteiger partial charge in [-0.1, -0.05) is 13.3 Å². The van der Waals surface area contributed by atoms with E-state index in [4.69, 9.17) is 0 Å². The van der Waals surface area contributed by atoms with Crippen molar-refractivity contribution in [1.82, 2.24) is 19.6 Å². The lowest BCUT2D eigenvalue weighted by molar-refractivity contribution is -0.387. The molecule has 0 saturated heterocycles. The summed E-state index contributed by atoms with van der Waals surface area (Å²) in [4.78, 5) is 24.5. The molecule has 1 aromatic carbocycles. The molecule has 0 unspecified atom stereocenters. The van der Waals surface area contributed by atoms with Crippen LogP contribution in [0.3, 0.4) is 0 Å². The van der Waals surface area contributed by atoms with E-state index in [0.717, 1.165) is 25.0 Å². The number of aryl methyl sites for hydroxylation is 1. The highest BCUT2D eigenvalue weighted by atomic mass is 19.1. The molecule has 3 aromatic rings. The fraction of sp³-hybridized carbons (Fsp3) is 0.308. The Balaban J connectivity index is 2.38. The summed E-state index contributed by atoms with van der Waals surface area (Å²) in [6.45, 7) is 2.01. The van der Waals surface area contributed by atoms with Crippen LogP contribution in [0.1, 0.15) is 25.6 Å². The fourth-order valence-electron chi connectivity index (χ4n) is 2.37. The Morgan fingerprint density at radius 3 is 2.86 bits per heavy atom. The number of rotatable bonds is 4. The number of nitrogens with one attached hydrogen (secondary N) is 1. The lowest BCUT2D eigenvalue weighted by Crippen LogP contribution is -2.12. The molecule has 0 amide bonds. The zero-order valence-electron chi connectivity index (χ0n) is 11.7. The Bertz CT molecular complexity index is 946. The monoisotopic (exact) mass is 305 g/mol. The highest BCUT2D eigenvalue weighted by Crippen LogP contribution is 2.23. The first-order valence-corrected chi connectivity index (χ1v) is 6.77. The number of hydrogen-bond acceptors (Lipinski definition) is 5. The van der Waals surface area contributed by atoms with Crippen molar-refractivity contribution in [3.05, 3.63) is 44.2 Å². The van der Waals surface area contributed by atoms with E-state index in [1.54, 1.807) is 0 Å². The average molecular weight is 305 g/mol. The van der Waals surface area contributed by atoms with E-state index in [1.807, 2.05) is 6.92 Å². The van der Waals surface area contributed by atoms with Crippen LogP contribution in [-0.4, -0.2) is 24.5 Å². The van der Waals surface area contributed by atoms with Crippen LogP contribution >= 0.6 is 0 Å². The van der Waals surface area contributed by atoms with Gasteiger partial charge in [-0.3, -0.25) is 19.3 Å². The number of hydrogen-bond donors (Lipinski definition) is 1. The molecule has 114 valence electrons. The van der Waals surface area contributed by atoms with E-state index < -0.39 is 22.0 Å². The van der Waals surface area contributed by atoms with Crippen molar-refractivity contribution in [2.75, 3.05) is 0 Å². The van der Waals surface area contributed by atoms with Crippen LogP contribution in [0, 0.1) is 15.9 Å². The van der Waals surface area contributed by atoms with Crippen molar-refractivity contribution in [1.29, 1.82) is 0 Å². The molecule has 0 saturated carbocycles. The molecule has 0 radical (unpaired) electrons. The second kappa shape index (κ2) is 5.17. The number of nitro benzene ring substituents is 1. The van der Waals surface area contributed by atoms with E-state index in [-0.39, 0.29) is 11.2 Å². The Morgan fingerprint density at radius 2 is 2.18 bits per heavy atom. The SMILES string of the molecule is CCCCc1nnc2c(=O)[nH]c3cc([N+](=O)[O-])c(F)cc3n12. The number of fused-ring (bicyclic) bond motifs is 3. The molecule has 0 aliphatic rings. The molecule has 2 aromatic heterocycles. The van der Waals surface area contributed by atoms with Crippen LogP contribution in [0.2, 0.25) is 0 Å². The fourth-order valence-corrected chi connectivity index (χ4v) is 2.37. The first kappa shape index (κ1) is 14.1. The van der Waals surface area contributed by atoms with Crippen LogP contribution in [0.15, 0.2) is 16.9 Å². The van der Waals surface area contributed by atoms with Gasteiger partial charge in [-0.25, -0.2) is 0 Å². The Labute approximate surface area is 122 Å². The van der Waals surface area contributed by atoms with Crippen molar-refractivity contribution in [3.8, 4) is 0 Å². The van der Waals surface area contributed by atoms with Crippen LogP contribution in [0.5, 0.6) is 0 Å². The summed E-state index contributed by atoms with van der Waals surface area (Å²) < 4.78 is 15.4. The normalized spacial score (nSPS) is 11.4. The minimum Gasteiger partial charge on any atom is -0.317 e. The van der Waals surface area contributed by atoms with Gasteiger partial charge in [-0.15, -0.1) is 10.2 Å². The molecule has 22 heavy (non-hydrogen) atoms. The summed E-state index contributed by atoms with van der Waals surface area (Å²) in [5.41, 5.74) is -0.696. The molecule has 8 nitrogen and oxygen atoms in total. The first-order valence-electron chi connectivity index (χ1n) is 6.77. The third-order valence-corrected chi connectivity index (χ3v) is 3.44. The number of aromatic nitrogens is 4. The lowest BCUT2D eigenvalue weighted by Gasteiger charge is -2.05. The van der Waals surface area contributed by atoms with E-state index in [9.17, 15) is 19.3 Å². The molecule has 3 rings (SSSR count). The maximum Gasteiger partial charge on any atom is 0.307 e. The Hall–Kier alpha value is -2.84. The summed E-state index contributed by atoms with van der Waals surface area (Å²) in [6, 6.07) is 2.03. The molecule has 2 heterocycles. The third-order valence-electron chi connectivity index (χ3n) is 3.44. The van der Waals surface area contributed by atoms with E-state index >= 15 is 0 Å². The van der Waals surface area contributed by atoms with Crippen LogP contribution in [0.25, 0.3) is 16.7 Å². The van der Waals surface area contributed by atoms with Gasteiger partial charge < -0.3 is 4.98 Å². The van der Waals surface area contributed by atoms with E-state index in [2.05, 4.69) is 15.2 Å². The largest absolute Gasteiger partial charge is 0.317 e. The molecule has 9 heteroatoms. The van der Waals surface area contributed by atoms with Gasteiger partial charge >= 0.3 is 5.69 Å². The number of H-pyrrole nitrogens is 1. The molecular weight excluding hydrogens is 293 g/mol. The number of halogens is 1. The second-order valence-corrected chi connectivity index (χ2v) is 4.91. The molecule has 0 aliphatic heterocycles. The topological polar surface area (TPSA) is 106 Å². The molecule has 1 N–H and O–H groups in total. The maximum atomic E-state index is 13.9. The average Bonchev–Trinajstić information content (AvgIpc) is 2.90. The minimum absolute atomic E-state index is 0.0480. The number of unbranched alkanes of at least 4 members (excludes halogenated alkanes) is 1. The Morgan fingerprint density at radius 1 is 1.41 bits per heavy atom. The number of nitrogens with zero attached hydrogens (tertiary/aromatic N) is 4. The van der Waals surface area contributed by atoms with Crippen LogP contribution < -0.4 is 5.56 Å². The van der Waals surface area contributed by atoms with Gasteiger partial charge in [0.25, 0.3) is 5.56 Å². The number of aromatic amines is 1. The highest BCUT2D eigenvalue weighted by Gasteiger charge is 2.19. The second-order valence-electron chi connectivity index (χ2n) is 4.91. The van der Waals surface area contributed by atoms with Crippen molar-refractivity contribution < 1.29 is 9.31 Å². The zero-order valence-corrected chi connectivity index (χ0v) is 11.7. The zero-order chi connectivity index (χ0) is 15.9. The standard InChI is InChI=1S/C13H12FN5O3/c1-2-3-4-11-16-17-12-13(20)15-8-6-9(19(21)22)7(14)5-10(8)18(11)12/h5-6H,2-4H2,1H3,(H,15,20). The van der Waals surface area contributed by atoms with Crippen molar-refractivity contribution in [3.63, 3.8) is 0 Å². The minimum atomic E-state index is -0.971. The number of nitro groups is 1. The van der Waals surface area contributed by atoms with Gasteiger partial charge in [0.2, 0.25) is 11.5 Å². The first-order chi connectivity index (χ1) is 10.5. The van der Waals surface area contributed by atoms with Gasteiger partial charge in [0.05, 0.1) is 16.0 Å². The van der Waals surface area contributed by atoms with Crippen molar-refractivity contribution >= 4 is 22.4 Å². The molecule has 0 spiro atoms. The molecule has 0 atom stereocenters. The van der Waals surface area contributed by atoms with Crippen molar-refractivity contribution in [2.45, 2.75) is 26.2 Å². The van der Waals surface area contributed by atoms with Gasteiger partial charge in [-0.2, -0.15) is 4.39 Å². The van der Waals surface area contributed by atoms with E-state index in [0.29, 0.717) is 17.8 Å². The maximum absolute atomic E-state index is 13.9. The van der Waals surface area contributed by atoms with Crippen LogP contribution in [-0.2, 0) is 6.42 Å². The number of benzene rings is 1. The molecule has 0 bridgehead atoms. The van der Waals surface area contributed by atoms with E-state index in [1.165, 1.54) is 4.40 Å². The van der Waals surface area contributed by atoms with Gasteiger partial charge in [0.1, 0.15) is 5.82 Å². The summed E-state index contributed by atoms with van der Waals surface area (Å²) in [6.07, 6.45) is 2.34. The third kappa shape index (κ3) is 2.10. The molecule has 0 aliphatic carbocycles. The quantitative estimate of drug-likeness (QED) is 0.585. The van der Waals surface area contributed by atoms with Crippen LogP contribution in [0.4, 0.5) is 10.1 Å². The predicted molar refractivity (Wildman–Crippen MR) is 76.3 cm³/mol. The van der Waals surface area contributed by atoms with Gasteiger partial charge in [-0.05, 0) is 6.42 Å². The summed E-state index contributed by atoms with van der Waals surface area (Å²) in [7, 11) is 0. The Kier molecular flexibility index (Phi) is 3.32. The summed E-state index contributed by atoms with van der Waals surface area (Å²) in [5, 5.41) is 18.6. The molecular formula is C13H12FN5O3. The van der Waals surface area contributed by atoms with Gasteiger partial charge in [0.15, 0.2) is 0 Å². The lowest BCUT2D eigenvalue weighted by atomic mass is 10.2. The highest BCUT2D eigenvalue weighted by molar-refractivity contribution is 5.80. The smallest absolute Gasteiger partial charge is 0.307 e.